The first-order valence-electron chi connectivity index (χ1n) is 4.76. The summed E-state index contributed by atoms with van der Waals surface area (Å²) in [7, 11) is -1.91. The zero-order valence-corrected chi connectivity index (χ0v) is 8.24. The van der Waals surface area contributed by atoms with E-state index in [4.69, 9.17) is 14.8 Å². The maximum atomic E-state index is 10.6. The smallest absolute Gasteiger partial charge is 0.456 e. The van der Waals surface area contributed by atoms with Gasteiger partial charge < -0.3 is 24.9 Å². The van der Waals surface area contributed by atoms with Crippen LogP contribution >= 0.6 is 0 Å². The second-order valence-corrected chi connectivity index (χ2v) is 3.51. The quantitative estimate of drug-likeness (QED) is 0.394. The van der Waals surface area contributed by atoms with Crippen molar-refractivity contribution in [2.24, 2.45) is 0 Å². The van der Waals surface area contributed by atoms with Gasteiger partial charge in [-0.15, -0.1) is 0 Å². The Morgan fingerprint density at radius 2 is 2.19 bits per heavy atom. The molecule has 0 aliphatic heterocycles. The number of ether oxygens (including phenoxy) is 1. The summed E-state index contributed by atoms with van der Waals surface area (Å²) in [6.07, 6.45) is 1.91. The van der Waals surface area contributed by atoms with Gasteiger partial charge in [-0.3, -0.25) is 0 Å². The third-order valence-corrected chi connectivity index (χ3v) is 2.14. The number of aromatic nitrogens is 1. The third-order valence-electron chi connectivity index (χ3n) is 2.14. The van der Waals surface area contributed by atoms with E-state index < -0.39 is 17.9 Å². The van der Waals surface area contributed by atoms with Gasteiger partial charge in [0.25, 0.3) is 0 Å². The van der Waals surface area contributed by atoms with E-state index >= 15 is 0 Å². The molecular formula is C8H9BN2O5. The summed E-state index contributed by atoms with van der Waals surface area (Å²) in [6, 6.07) is 2.62. The average molecular weight is 224 g/mol. The van der Waals surface area contributed by atoms with E-state index in [0.717, 1.165) is 12.8 Å². The molecule has 0 unspecified atom stereocenters. The van der Waals surface area contributed by atoms with Gasteiger partial charge in [0.1, 0.15) is 6.10 Å². The number of nitrogens with zero attached hydrogens (tertiary/aromatic N) is 2. The Kier molecular flexibility index (Phi) is 2.76. The topological polar surface area (TPSA) is 106 Å². The Labute approximate surface area is 91.0 Å². The van der Waals surface area contributed by atoms with E-state index in [1.54, 1.807) is 0 Å². The lowest BCUT2D eigenvalue weighted by molar-refractivity contribution is -0.388. The second-order valence-electron chi connectivity index (χ2n) is 3.51. The van der Waals surface area contributed by atoms with Crippen molar-refractivity contribution in [3.05, 3.63) is 22.2 Å². The number of nitro groups is 1. The molecule has 0 amide bonds. The lowest BCUT2D eigenvalue weighted by Gasteiger charge is -2.03. The predicted octanol–water partition coefficient (Wildman–Crippen LogP) is -0.789. The van der Waals surface area contributed by atoms with Crippen LogP contribution in [0.3, 0.4) is 0 Å². The molecule has 16 heavy (non-hydrogen) atoms. The van der Waals surface area contributed by atoms with E-state index in [0.29, 0.717) is 0 Å². The van der Waals surface area contributed by atoms with Crippen molar-refractivity contribution in [1.82, 2.24) is 4.98 Å². The van der Waals surface area contributed by atoms with Crippen LogP contribution in [0.1, 0.15) is 12.8 Å². The van der Waals surface area contributed by atoms with Gasteiger partial charge in [0, 0.05) is 11.1 Å². The maximum absolute atomic E-state index is 10.6. The Bertz CT molecular complexity index is 421. The first-order chi connectivity index (χ1) is 7.58. The predicted molar refractivity (Wildman–Crippen MR) is 54.4 cm³/mol. The lowest BCUT2D eigenvalue weighted by Crippen LogP contribution is -2.32. The zero-order valence-electron chi connectivity index (χ0n) is 8.24. The molecule has 0 aromatic carbocycles. The lowest BCUT2D eigenvalue weighted by atomic mass is 9.80. The maximum Gasteiger partial charge on any atom is 0.497 e. The fourth-order valence-corrected chi connectivity index (χ4v) is 1.21. The van der Waals surface area contributed by atoms with E-state index in [9.17, 15) is 10.1 Å². The largest absolute Gasteiger partial charge is 0.497 e. The van der Waals surface area contributed by atoms with Crippen LogP contribution in [0.5, 0.6) is 5.88 Å². The van der Waals surface area contributed by atoms with Crippen molar-refractivity contribution in [1.29, 1.82) is 0 Å². The highest BCUT2D eigenvalue weighted by atomic mass is 16.6. The van der Waals surface area contributed by atoms with Crippen LogP contribution < -0.4 is 10.2 Å². The van der Waals surface area contributed by atoms with Crippen LogP contribution in [0.25, 0.3) is 0 Å². The highest BCUT2D eigenvalue weighted by Gasteiger charge is 2.30. The summed E-state index contributed by atoms with van der Waals surface area (Å²) >= 11 is 0. The molecule has 0 spiro atoms. The minimum Gasteiger partial charge on any atom is -0.456 e. The van der Waals surface area contributed by atoms with Gasteiger partial charge in [0.05, 0.1) is 5.46 Å². The summed E-state index contributed by atoms with van der Waals surface area (Å²) in [4.78, 5) is 13.5. The molecule has 1 fully saturated rings. The Morgan fingerprint density at radius 1 is 1.50 bits per heavy atom. The van der Waals surface area contributed by atoms with Crippen molar-refractivity contribution in [3.63, 3.8) is 0 Å². The highest BCUT2D eigenvalue weighted by Crippen LogP contribution is 2.26. The molecule has 1 saturated carbocycles. The molecule has 1 aliphatic carbocycles. The summed E-state index contributed by atoms with van der Waals surface area (Å²) in [6.45, 7) is 0. The summed E-state index contributed by atoms with van der Waals surface area (Å²) < 4.78 is 5.27. The summed E-state index contributed by atoms with van der Waals surface area (Å²) in [5.74, 6) is -0.452. The van der Waals surface area contributed by atoms with Crippen LogP contribution in [-0.2, 0) is 0 Å². The van der Waals surface area contributed by atoms with E-state index in [2.05, 4.69) is 4.98 Å². The first kappa shape index (κ1) is 10.8. The van der Waals surface area contributed by atoms with E-state index in [-0.39, 0.29) is 17.4 Å². The van der Waals surface area contributed by atoms with Gasteiger partial charge in [0.2, 0.25) is 0 Å². The Balaban J connectivity index is 2.30. The molecule has 1 aliphatic rings. The van der Waals surface area contributed by atoms with Crippen molar-refractivity contribution in [2.75, 3.05) is 0 Å². The molecule has 2 N–H and O–H groups in total. The molecule has 0 bridgehead atoms. The van der Waals surface area contributed by atoms with Crippen molar-refractivity contribution >= 4 is 18.4 Å². The van der Waals surface area contributed by atoms with Crippen LogP contribution in [0, 0.1) is 10.1 Å². The van der Waals surface area contributed by atoms with Crippen LogP contribution in [0.2, 0.25) is 0 Å². The van der Waals surface area contributed by atoms with E-state index in [1.807, 2.05) is 0 Å². The highest BCUT2D eigenvalue weighted by molar-refractivity contribution is 6.60. The van der Waals surface area contributed by atoms with Crippen LogP contribution in [-0.4, -0.2) is 33.2 Å². The van der Waals surface area contributed by atoms with Crippen LogP contribution in [0.4, 0.5) is 5.82 Å². The SMILES string of the molecule is O=[N+]([O-])c1nc(OC2CC2)ccc1B(O)O. The van der Waals surface area contributed by atoms with Crippen molar-refractivity contribution in [2.45, 2.75) is 18.9 Å². The molecule has 7 nitrogen and oxygen atoms in total. The molecule has 0 atom stereocenters. The molecule has 0 saturated heterocycles. The molecule has 0 radical (unpaired) electrons. The second kappa shape index (κ2) is 4.07. The Hall–Kier alpha value is -1.67. The van der Waals surface area contributed by atoms with Crippen molar-refractivity contribution < 1.29 is 19.7 Å². The minimum absolute atomic E-state index is 0.0806. The fourth-order valence-electron chi connectivity index (χ4n) is 1.21. The summed E-state index contributed by atoms with van der Waals surface area (Å²) in [5.41, 5.74) is -0.242. The monoisotopic (exact) mass is 224 g/mol. The third kappa shape index (κ3) is 2.29. The van der Waals surface area contributed by atoms with Gasteiger partial charge in [-0.05, 0) is 23.8 Å². The minimum atomic E-state index is -1.91. The van der Waals surface area contributed by atoms with E-state index in [1.165, 1.54) is 12.1 Å². The Morgan fingerprint density at radius 3 is 2.69 bits per heavy atom. The molecular weight excluding hydrogens is 215 g/mol. The molecule has 1 aromatic rings. The first-order valence-corrected chi connectivity index (χ1v) is 4.76. The van der Waals surface area contributed by atoms with Gasteiger partial charge in [0.15, 0.2) is 0 Å². The molecule has 2 rings (SSSR count). The average Bonchev–Trinajstić information content (AvgIpc) is 3.01. The van der Waals surface area contributed by atoms with Crippen molar-refractivity contribution in [3.8, 4) is 5.88 Å². The fraction of sp³-hybridized carbons (Fsp3) is 0.375. The standard InChI is InChI=1S/C8H9BN2O5/c12-9(13)6-3-4-7(16-5-1-2-5)10-8(6)11(14)15/h3-5,12-13H,1-2H2. The number of hydrogen-bond acceptors (Lipinski definition) is 6. The van der Waals surface area contributed by atoms with Gasteiger partial charge >= 0.3 is 18.8 Å². The number of rotatable bonds is 4. The molecule has 1 heterocycles. The number of pyridine rings is 1. The van der Waals surface area contributed by atoms with Gasteiger partial charge in [-0.25, -0.2) is 0 Å². The normalized spacial score (nSPS) is 14.6. The van der Waals surface area contributed by atoms with Gasteiger partial charge in [-0.2, -0.15) is 0 Å². The number of hydrogen-bond donors (Lipinski definition) is 2. The van der Waals surface area contributed by atoms with Gasteiger partial charge in [-0.1, -0.05) is 0 Å². The molecule has 8 heteroatoms. The van der Waals surface area contributed by atoms with Crippen LogP contribution in [0.15, 0.2) is 12.1 Å². The molecule has 1 aromatic heterocycles. The summed E-state index contributed by atoms with van der Waals surface area (Å²) in [5, 5.41) is 28.5. The molecule has 84 valence electrons. The zero-order chi connectivity index (χ0) is 11.7.